The first-order valence-corrected chi connectivity index (χ1v) is 6.25. The van der Waals surface area contributed by atoms with Gasteiger partial charge in [0.1, 0.15) is 0 Å². The third-order valence-corrected chi connectivity index (χ3v) is 3.43. The molecule has 4 nitrogen and oxygen atoms in total. The fraction of sp³-hybridized carbons (Fsp3) is 0.750. The van der Waals surface area contributed by atoms with E-state index in [2.05, 4.69) is 14.9 Å². The Morgan fingerprint density at radius 3 is 3.12 bits per heavy atom. The quantitative estimate of drug-likeness (QED) is 0.837. The fourth-order valence-corrected chi connectivity index (χ4v) is 2.28. The van der Waals surface area contributed by atoms with Crippen LogP contribution in [0, 0.1) is 0 Å². The van der Waals surface area contributed by atoms with E-state index in [1.807, 2.05) is 12.5 Å². The number of aromatic nitrogens is 2. The van der Waals surface area contributed by atoms with E-state index >= 15 is 0 Å². The topological polar surface area (TPSA) is 39.1 Å². The van der Waals surface area contributed by atoms with Crippen molar-refractivity contribution in [3.63, 3.8) is 0 Å². The second kappa shape index (κ2) is 4.55. The molecule has 0 aromatic carbocycles. The normalized spacial score (nSPS) is 25.9. The van der Waals surface area contributed by atoms with Crippen LogP contribution in [0.2, 0.25) is 0 Å². The predicted octanol–water partition coefficient (Wildman–Crippen LogP) is 1.49. The number of hydrogen-bond donors (Lipinski definition) is 1. The Morgan fingerprint density at radius 1 is 1.44 bits per heavy atom. The first-order chi connectivity index (χ1) is 7.93. The van der Waals surface area contributed by atoms with Crippen LogP contribution >= 0.6 is 0 Å². The van der Waals surface area contributed by atoms with Gasteiger partial charge in [0.05, 0.1) is 24.7 Å². The highest BCUT2D eigenvalue weighted by Crippen LogP contribution is 2.22. The Labute approximate surface area is 96.0 Å². The summed E-state index contributed by atoms with van der Waals surface area (Å²) in [7, 11) is 0. The Hall–Kier alpha value is -0.870. The average molecular weight is 221 g/mol. The highest BCUT2D eigenvalue weighted by molar-refractivity contribution is 5.01. The molecule has 1 unspecified atom stereocenters. The zero-order valence-corrected chi connectivity index (χ0v) is 9.56. The molecule has 4 heteroatoms. The summed E-state index contributed by atoms with van der Waals surface area (Å²) in [5, 5.41) is 3.54. The van der Waals surface area contributed by atoms with Crippen molar-refractivity contribution in [3.8, 4) is 0 Å². The number of nitrogens with one attached hydrogen (secondary N) is 1. The van der Waals surface area contributed by atoms with E-state index < -0.39 is 0 Å². The van der Waals surface area contributed by atoms with Gasteiger partial charge in [-0.2, -0.15) is 0 Å². The number of hydrogen-bond acceptors (Lipinski definition) is 3. The van der Waals surface area contributed by atoms with Gasteiger partial charge in [-0.15, -0.1) is 0 Å². The van der Waals surface area contributed by atoms with Crippen molar-refractivity contribution in [2.45, 2.75) is 44.3 Å². The highest BCUT2D eigenvalue weighted by Gasteiger charge is 2.22. The molecule has 3 rings (SSSR count). The molecule has 0 radical (unpaired) electrons. The minimum absolute atomic E-state index is 0.493. The highest BCUT2D eigenvalue weighted by atomic mass is 16.5. The third kappa shape index (κ3) is 2.28. The zero-order valence-electron chi connectivity index (χ0n) is 9.56. The Kier molecular flexibility index (Phi) is 2.93. The van der Waals surface area contributed by atoms with E-state index in [9.17, 15) is 0 Å². The maximum atomic E-state index is 5.53. The number of imidazole rings is 1. The van der Waals surface area contributed by atoms with Crippen LogP contribution in [0.4, 0.5) is 0 Å². The lowest BCUT2D eigenvalue weighted by Crippen LogP contribution is -2.24. The first-order valence-electron chi connectivity index (χ1n) is 6.25. The van der Waals surface area contributed by atoms with E-state index in [-0.39, 0.29) is 0 Å². The van der Waals surface area contributed by atoms with Crippen molar-refractivity contribution in [1.82, 2.24) is 14.9 Å². The van der Waals surface area contributed by atoms with Gasteiger partial charge in [-0.25, -0.2) is 4.98 Å². The number of nitrogens with zero attached hydrogens (tertiary/aromatic N) is 2. The van der Waals surface area contributed by atoms with Gasteiger partial charge >= 0.3 is 0 Å². The van der Waals surface area contributed by atoms with Crippen molar-refractivity contribution in [2.24, 2.45) is 0 Å². The van der Waals surface area contributed by atoms with Crippen LogP contribution in [-0.4, -0.2) is 28.8 Å². The van der Waals surface area contributed by atoms with Crippen LogP contribution in [0.3, 0.4) is 0 Å². The van der Waals surface area contributed by atoms with Crippen LogP contribution in [-0.2, 0) is 11.3 Å². The fourth-order valence-electron chi connectivity index (χ4n) is 2.28. The Balaban J connectivity index is 1.65. The Morgan fingerprint density at radius 2 is 2.38 bits per heavy atom. The van der Waals surface area contributed by atoms with E-state index in [1.165, 1.54) is 31.4 Å². The molecular formula is C12H19N3O. The summed E-state index contributed by atoms with van der Waals surface area (Å²) in [5.41, 5.74) is 1.29. The van der Waals surface area contributed by atoms with Crippen LogP contribution in [0.25, 0.3) is 0 Å². The summed E-state index contributed by atoms with van der Waals surface area (Å²) < 4.78 is 7.82. The van der Waals surface area contributed by atoms with Gasteiger partial charge in [-0.3, -0.25) is 0 Å². The van der Waals surface area contributed by atoms with Crippen molar-refractivity contribution >= 4 is 0 Å². The maximum absolute atomic E-state index is 5.53. The van der Waals surface area contributed by atoms with Gasteiger partial charge in [0, 0.05) is 25.4 Å². The maximum Gasteiger partial charge on any atom is 0.0952 e. The van der Waals surface area contributed by atoms with Crippen LogP contribution in [0.1, 0.15) is 37.4 Å². The largest absolute Gasteiger partial charge is 0.379 e. The molecule has 1 aliphatic carbocycles. The number of ether oxygens (including phenoxy) is 1. The van der Waals surface area contributed by atoms with Crippen molar-refractivity contribution < 1.29 is 4.74 Å². The molecule has 0 bridgehead atoms. The monoisotopic (exact) mass is 221 g/mol. The lowest BCUT2D eigenvalue weighted by Gasteiger charge is -2.25. The molecule has 1 saturated carbocycles. The molecule has 0 spiro atoms. The van der Waals surface area contributed by atoms with Gasteiger partial charge in [0.15, 0.2) is 0 Å². The van der Waals surface area contributed by atoms with Gasteiger partial charge in [0.2, 0.25) is 0 Å². The van der Waals surface area contributed by atoms with Crippen LogP contribution in [0.5, 0.6) is 0 Å². The zero-order chi connectivity index (χ0) is 10.8. The molecule has 88 valence electrons. The molecule has 1 atom stereocenters. The Bertz CT molecular complexity index is 340. The van der Waals surface area contributed by atoms with Crippen molar-refractivity contribution in [1.29, 1.82) is 0 Å². The summed E-state index contributed by atoms with van der Waals surface area (Å²) in [4.78, 5) is 4.26. The average Bonchev–Trinajstić information content (AvgIpc) is 3.05. The van der Waals surface area contributed by atoms with E-state index in [0.29, 0.717) is 6.04 Å². The lowest BCUT2D eigenvalue weighted by molar-refractivity contribution is 0.0581. The van der Waals surface area contributed by atoms with E-state index in [4.69, 9.17) is 4.74 Å². The van der Waals surface area contributed by atoms with Gasteiger partial charge in [-0.1, -0.05) is 0 Å². The van der Waals surface area contributed by atoms with Crippen LogP contribution < -0.4 is 5.32 Å². The van der Waals surface area contributed by atoms with E-state index in [1.54, 1.807) is 0 Å². The van der Waals surface area contributed by atoms with Crippen molar-refractivity contribution in [2.75, 3.05) is 13.2 Å². The number of rotatable bonds is 4. The van der Waals surface area contributed by atoms with Gasteiger partial charge < -0.3 is 14.6 Å². The molecule has 2 aliphatic rings. The molecular weight excluding hydrogens is 202 g/mol. The summed E-state index contributed by atoms with van der Waals surface area (Å²) >= 11 is 0. The molecule has 1 N–H and O–H groups in total. The molecule has 0 amide bonds. The molecule has 16 heavy (non-hydrogen) atoms. The van der Waals surface area contributed by atoms with E-state index in [0.717, 1.165) is 25.8 Å². The molecule has 1 saturated heterocycles. The van der Waals surface area contributed by atoms with Gasteiger partial charge in [0.25, 0.3) is 0 Å². The van der Waals surface area contributed by atoms with Gasteiger partial charge in [-0.05, 0) is 25.7 Å². The SMILES string of the molecule is c1ncn(C2CCCOC2)c1CNC1CC1. The lowest BCUT2D eigenvalue weighted by atomic mass is 10.1. The minimum Gasteiger partial charge on any atom is -0.379 e. The standard InChI is InChI=1S/C12H19N3O/c1-2-11(8-16-5-1)15-9-13-6-12(15)7-14-10-3-4-10/h6,9-11,14H,1-5,7-8H2. The molecule has 2 heterocycles. The molecule has 1 aliphatic heterocycles. The summed E-state index contributed by atoms with van der Waals surface area (Å²) in [6.45, 7) is 2.70. The minimum atomic E-state index is 0.493. The second-order valence-corrected chi connectivity index (χ2v) is 4.82. The van der Waals surface area contributed by atoms with Crippen molar-refractivity contribution in [3.05, 3.63) is 18.2 Å². The van der Waals surface area contributed by atoms with Crippen LogP contribution in [0.15, 0.2) is 12.5 Å². The summed E-state index contributed by atoms with van der Waals surface area (Å²) in [5.74, 6) is 0. The molecule has 1 aromatic rings. The molecule has 2 fully saturated rings. The third-order valence-electron chi connectivity index (χ3n) is 3.43. The first kappa shape index (κ1) is 10.3. The second-order valence-electron chi connectivity index (χ2n) is 4.82. The summed E-state index contributed by atoms with van der Waals surface area (Å²) in [6.07, 6.45) is 8.97. The predicted molar refractivity (Wildman–Crippen MR) is 61.2 cm³/mol. The smallest absolute Gasteiger partial charge is 0.0952 e. The molecule has 1 aromatic heterocycles. The summed E-state index contributed by atoms with van der Waals surface area (Å²) in [6, 6.07) is 1.25.